The van der Waals surface area contributed by atoms with Gasteiger partial charge in [0.1, 0.15) is 5.82 Å². The van der Waals surface area contributed by atoms with Gasteiger partial charge in [-0.1, -0.05) is 18.2 Å². The molecular formula is C19H16N4. The van der Waals surface area contributed by atoms with Crippen molar-refractivity contribution in [3.8, 4) is 11.4 Å². The molecule has 0 atom stereocenters. The number of rotatable bonds is 4. The van der Waals surface area contributed by atoms with E-state index in [1.807, 2.05) is 43.2 Å². The lowest BCUT2D eigenvalue weighted by molar-refractivity contribution is 0.703. The predicted molar refractivity (Wildman–Crippen MR) is 90.9 cm³/mol. The molecule has 0 saturated heterocycles. The number of hydrogen-bond donors (Lipinski definition) is 0. The third-order valence-electron chi connectivity index (χ3n) is 4.03. The van der Waals surface area contributed by atoms with Gasteiger partial charge in [0, 0.05) is 54.7 Å². The fourth-order valence-corrected chi connectivity index (χ4v) is 2.85. The van der Waals surface area contributed by atoms with Crippen LogP contribution < -0.4 is 0 Å². The summed E-state index contributed by atoms with van der Waals surface area (Å²) in [6, 6.07) is 12.4. The third-order valence-corrected chi connectivity index (χ3v) is 4.03. The number of imidazole rings is 1. The molecule has 1 aromatic carbocycles. The Morgan fingerprint density at radius 1 is 0.870 bits per heavy atom. The predicted octanol–water partition coefficient (Wildman–Crippen LogP) is 3.74. The summed E-state index contributed by atoms with van der Waals surface area (Å²) >= 11 is 0. The van der Waals surface area contributed by atoms with E-state index in [0.717, 1.165) is 29.7 Å². The quantitative estimate of drug-likeness (QED) is 0.576. The van der Waals surface area contributed by atoms with Crippen LogP contribution in [-0.4, -0.2) is 19.5 Å². The van der Waals surface area contributed by atoms with Gasteiger partial charge in [-0.2, -0.15) is 0 Å². The minimum absolute atomic E-state index is 0.890. The number of pyridine rings is 2. The molecule has 0 aliphatic heterocycles. The fraction of sp³-hybridized carbons (Fsp3) is 0.105. The van der Waals surface area contributed by atoms with Crippen LogP contribution in [0.4, 0.5) is 0 Å². The molecule has 3 aromatic heterocycles. The van der Waals surface area contributed by atoms with E-state index in [-0.39, 0.29) is 0 Å². The van der Waals surface area contributed by atoms with Crippen LogP contribution in [0.2, 0.25) is 0 Å². The number of benzene rings is 1. The van der Waals surface area contributed by atoms with E-state index < -0.39 is 0 Å². The first-order valence-electron chi connectivity index (χ1n) is 7.65. The lowest BCUT2D eigenvalue weighted by atomic mass is 10.1. The Labute approximate surface area is 134 Å². The first kappa shape index (κ1) is 13.6. The lowest BCUT2D eigenvalue weighted by Crippen LogP contribution is -2.03. The van der Waals surface area contributed by atoms with Gasteiger partial charge in [0.2, 0.25) is 0 Å². The number of nitrogens with zero attached hydrogens (tertiary/aromatic N) is 4. The molecule has 4 heteroatoms. The maximum absolute atomic E-state index is 4.58. The topological polar surface area (TPSA) is 43.6 Å². The van der Waals surface area contributed by atoms with E-state index in [0.29, 0.717) is 0 Å². The number of aromatic nitrogens is 4. The Balaban J connectivity index is 1.69. The minimum Gasteiger partial charge on any atom is -0.331 e. The molecule has 0 aliphatic rings. The molecule has 112 valence electrons. The molecule has 4 rings (SSSR count). The number of aryl methyl sites for hydroxylation is 2. The van der Waals surface area contributed by atoms with E-state index in [1.165, 1.54) is 10.9 Å². The zero-order valence-electron chi connectivity index (χ0n) is 12.6. The van der Waals surface area contributed by atoms with Crippen molar-refractivity contribution >= 4 is 10.8 Å². The van der Waals surface area contributed by atoms with Crippen LogP contribution in [0.5, 0.6) is 0 Å². The molecule has 3 heterocycles. The highest BCUT2D eigenvalue weighted by molar-refractivity contribution is 5.94. The normalized spacial score (nSPS) is 11.0. The Kier molecular flexibility index (Phi) is 3.56. The lowest BCUT2D eigenvalue weighted by Gasteiger charge is -2.10. The van der Waals surface area contributed by atoms with Crippen molar-refractivity contribution in [2.24, 2.45) is 0 Å². The zero-order chi connectivity index (χ0) is 15.5. The summed E-state index contributed by atoms with van der Waals surface area (Å²) in [6.45, 7) is 0.890. The van der Waals surface area contributed by atoms with Gasteiger partial charge < -0.3 is 4.57 Å². The van der Waals surface area contributed by atoms with Crippen molar-refractivity contribution in [3.05, 3.63) is 79.1 Å². The summed E-state index contributed by atoms with van der Waals surface area (Å²) in [5.41, 5.74) is 2.42. The maximum atomic E-state index is 4.58. The summed E-state index contributed by atoms with van der Waals surface area (Å²) in [6.07, 6.45) is 12.2. The molecule has 0 aliphatic carbocycles. The molecule has 0 N–H and O–H groups in total. The van der Waals surface area contributed by atoms with E-state index in [2.05, 4.69) is 49.9 Å². The molecule has 0 saturated carbocycles. The van der Waals surface area contributed by atoms with Crippen LogP contribution in [-0.2, 0) is 13.0 Å². The Morgan fingerprint density at radius 3 is 2.65 bits per heavy atom. The zero-order valence-corrected chi connectivity index (χ0v) is 12.6. The van der Waals surface area contributed by atoms with Crippen molar-refractivity contribution in [1.82, 2.24) is 19.5 Å². The molecule has 0 unspecified atom stereocenters. The Bertz CT molecular complexity index is 923. The van der Waals surface area contributed by atoms with Gasteiger partial charge in [-0.3, -0.25) is 9.97 Å². The first-order chi connectivity index (χ1) is 11.4. The molecule has 23 heavy (non-hydrogen) atoms. The summed E-state index contributed by atoms with van der Waals surface area (Å²) in [7, 11) is 0. The average molecular weight is 300 g/mol. The van der Waals surface area contributed by atoms with Gasteiger partial charge in [0.05, 0.1) is 0 Å². The van der Waals surface area contributed by atoms with Gasteiger partial charge in [0.15, 0.2) is 0 Å². The molecule has 0 spiro atoms. The van der Waals surface area contributed by atoms with Crippen LogP contribution in [0.1, 0.15) is 5.56 Å². The first-order valence-corrected chi connectivity index (χ1v) is 7.65. The summed E-state index contributed by atoms with van der Waals surface area (Å²) in [5.74, 6) is 0.996. The van der Waals surface area contributed by atoms with Crippen molar-refractivity contribution < 1.29 is 0 Å². The molecular weight excluding hydrogens is 284 g/mol. The van der Waals surface area contributed by atoms with E-state index in [1.54, 1.807) is 0 Å². The van der Waals surface area contributed by atoms with E-state index >= 15 is 0 Å². The highest BCUT2D eigenvalue weighted by atomic mass is 15.1. The SMILES string of the molecule is c1cc(-c2nccn2CCc2ccncc2)c2ccncc2c1. The van der Waals surface area contributed by atoms with Crippen molar-refractivity contribution in [1.29, 1.82) is 0 Å². The molecule has 0 amide bonds. The van der Waals surface area contributed by atoms with Crippen LogP contribution >= 0.6 is 0 Å². The van der Waals surface area contributed by atoms with Gasteiger partial charge >= 0.3 is 0 Å². The monoisotopic (exact) mass is 300 g/mol. The smallest absolute Gasteiger partial charge is 0.140 e. The Morgan fingerprint density at radius 2 is 1.74 bits per heavy atom. The van der Waals surface area contributed by atoms with Crippen LogP contribution in [0, 0.1) is 0 Å². The van der Waals surface area contributed by atoms with Crippen LogP contribution in [0.3, 0.4) is 0 Å². The summed E-state index contributed by atoms with van der Waals surface area (Å²) in [5, 5.41) is 2.31. The van der Waals surface area contributed by atoms with Gasteiger partial charge in [0.25, 0.3) is 0 Å². The van der Waals surface area contributed by atoms with E-state index in [4.69, 9.17) is 0 Å². The Hall–Kier alpha value is -3.01. The molecule has 0 radical (unpaired) electrons. The number of fused-ring (bicyclic) bond motifs is 1. The molecule has 0 bridgehead atoms. The second-order valence-electron chi connectivity index (χ2n) is 5.45. The summed E-state index contributed by atoms with van der Waals surface area (Å²) in [4.78, 5) is 12.8. The van der Waals surface area contributed by atoms with Gasteiger partial charge in [-0.15, -0.1) is 0 Å². The standard InChI is InChI=1S/C19H16N4/c1-2-16-14-21-10-6-17(16)18(3-1)19-22-11-13-23(19)12-7-15-4-8-20-9-5-15/h1-6,8-11,13-14H,7,12H2. The second kappa shape index (κ2) is 6.01. The van der Waals surface area contributed by atoms with Gasteiger partial charge in [-0.25, -0.2) is 4.98 Å². The number of hydrogen-bond acceptors (Lipinski definition) is 3. The minimum atomic E-state index is 0.890. The van der Waals surface area contributed by atoms with Crippen molar-refractivity contribution in [2.75, 3.05) is 0 Å². The second-order valence-corrected chi connectivity index (χ2v) is 5.45. The summed E-state index contributed by atoms with van der Waals surface area (Å²) < 4.78 is 2.20. The van der Waals surface area contributed by atoms with Crippen molar-refractivity contribution in [3.63, 3.8) is 0 Å². The van der Waals surface area contributed by atoms with Crippen molar-refractivity contribution in [2.45, 2.75) is 13.0 Å². The van der Waals surface area contributed by atoms with Gasteiger partial charge in [-0.05, 0) is 35.6 Å². The third kappa shape index (κ3) is 2.71. The highest BCUT2D eigenvalue weighted by Crippen LogP contribution is 2.27. The molecule has 4 nitrogen and oxygen atoms in total. The largest absolute Gasteiger partial charge is 0.331 e. The van der Waals surface area contributed by atoms with E-state index in [9.17, 15) is 0 Å². The molecule has 4 aromatic rings. The van der Waals surface area contributed by atoms with Crippen LogP contribution in [0.25, 0.3) is 22.2 Å². The maximum Gasteiger partial charge on any atom is 0.140 e. The highest BCUT2D eigenvalue weighted by Gasteiger charge is 2.09. The fourth-order valence-electron chi connectivity index (χ4n) is 2.85. The molecule has 0 fully saturated rings. The van der Waals surface area contributed by atoms with Crippen LogP contribution in [0.15, 0.2) is 73.6 Å². The average Bonchev–Trinajstić information content (AvgIpc) is 3.09.